The van der Waals surface area contributed by atoms with E-state index in [2.05, 4.69) is 10.6 Å². The second kappa shape index (κ2) is 8.57. The summed E-state index contributed by atoms with van der Waals surface area (Å²) in [4.78, 5) is 34.3. The number of ether oxygens (including phenoxy) is 2. The fourth-order valence-corrected chi connectivity index (χ4v) is 1.69. The zero-order valence-electron chi connectivity index (χ0n) is 13.6. The molecule has 0 heterocycles. The molecule has 1 aromatic rings. The molecule has 1 rings (SSSR count). The Morgan fingerprint density at radius 3 is 2.39 bits per heavy atom. The molecule has 124 valence electrons. The molecule has 1 aromatic carbocycles. The number of amides is 2. The van der Waals surface area contributed by atoms with Gasteiger partial charge in [0.2, 0.25) is 5.91 Å². The van der Waals surface area contributed by atoms with Crippen LogP contribution in [0.3, 0.4) is 0 Å². The average molecular weight is 320 g/mol. The van der Waals surface area contributed by atoms with Gasteiger partial charge in [0, 0.05) is 18.7 Å². The molecule has 0 unspecified atom stereocenters. The van der Waals surface area contributed by atoms with Crippen LogP contribution in [0, 0.1) is 0 Å². The first-order valence-electron chi connectivity index (χ1n) is 6.89. The summed E-state index contributed by atoms with van der Waals surface area (Å²) in [6.45, 7) is 4.46. The van der Waals surface area contributed by atoms with E-state index in [1.807, 2.05) is 0 Å². The van der Waals surface area contributed by atoms with E-state index in [1.165, 1.54) is 20.1 Å². The highest BCUT2D eigenvalue weighted by molar-refractivity contribution is 5.96. The Labute approximate surface area is 134 Å². The van der Waals surface area contributed by atoms with Crippen molar-refractivity contribution in [3.8, 4) is 5.75 Å². The van der Waals surface area contributed by atoms with Crippen molar-refractivity contribution >= 4 is 29.2 Å². The number of hydrogen-bond donors (Lipinski definition) is 2. The standard InChI is InChI=1S/C16H20N2O5/c1-10(2)7-16(21)23-9-15(20)18-13-8-12(17-11(3)19)5-6-14(13)22-4/h5-8H,9H2,1-4H3,(H,17,19)(H,18,20). The Morgan fingerprint density at radius 2 is 1.83 bits per heavy atom. The van der Waals surface area contributed by atoms with Gasteiger partial charge in [0.05, 0.1) is 12.8 Å². The molecule has 0 aliphatic carbocycles. The lowest BCUT2D eigenvalue weighted by atomic mass is 10.2. The van der Waals surface area contributed by atoms with Crippen LogP contribution in [0.25, 0.3) is 0 Å². The summed E-state index contributed by atoms with van der Waals surface area (Å²) in [5.74, 6) is -0.913. The predicted molar refractivity (Wildman–Crippen MR) is 86.3 cm³/mol. The number of esters is 1. The van der Waals surface area contributed by atoms with Crippen LogP contribution in [0.5, 0.6) is 5.75 Å². The van der Waals surface area contributed by atoms with Gasteiger partial charge >= 0.3 is 5.97 Å². The molecule has 0 saturated carbocycles. The molecule has 7 heteroatoms. The highest BCUT2D eigenvalue weighted by Gasteiger charge is 2.11. The van der Waals surface area contributed by atoms with Gasteiger partial charge in [-0.15, -0.1) is 0 Å². The maximum Gasteiger partial charge on any atom is 0.331 e. The number of nitrogens with one attached hydrogen (secondary N) is 2. The number of hydrogen-bond acceptors (Lipinski definition) is 5. The van der Waals surface area contributed by atoms with Gasteiger partial charge in [0.1, 0.15) is 5.75 Å². The van der Waals surface area contributed by atoms with Crippen LogP contribution >= 0.6 is 0 Å². The summed E-state index contributed by atoms with van der Waals surface area (Å²) >= 11 is 0. The van der Waals surface area contributed by atoms with Gasteiger partial charge in [-0.3, -0.25) is 9.59 Å². The lowest BCUT2D eigenvalue weighted by Crippen LogP contribution is -2.20. The van der Waals surface area contributed by atoms with Gasteiger partial charge in [-0.05, 0) is 32.0 Å². The fraction of sp³-hybridized carbons (Fsp3) is 0.312. The van der Waals surface area contributed by atoms with Gasteiger partial charge < -0.3 is 20.1 Å². The minimum Gasteiger partial charge on any atom is -0.495 e. The number of rotatable bonds is 6. The SMILES string of the molecule is COc1ccc(NC(C)=O)cc1NC(=O)COC(=O)C=C(C)C. The molecule has 0 aliphatic rings. The van der Waals surface area contributed by atoms with Crippen molar-refractivity contribution in [2.24, 2.45) is 0 Å². The zero-order chi connectivity index (χ0) is 17.4. The van der Waals surface area contributed by atoms with E-state index >= 15 is 0 Å². The number of allylic oxidation sites excluding steroid dienone is 1. The number of methoxy groups -OCH3 is 1. The van der Waals surface area contributed by atoms with Crippen molar-refractivity contribution < 1.29 is 23.9 Å². The first kappa shape index (κ1) is 18.2. The van der Waals surface area contributed by atoms with E-state index in [-0.39, 0.29) is 5.91 Å². The van der Waals surface area contributed by atoms with E-state index in [9.17, 15) is 14.4 Å². The summed E-state index contributed by atoms with van der Waals surface area (Å²) in [5.41, 5.74) is 1.65. The van der Waals surface area contributed by atoms with Crippen molar-refractivity contribution in [1.82, 2.24) is 0 Å². The normalized spacial score (nSPS) is 9.57. The molecular weight excluding hydrogens is 300 g/mol. The van der Waals surface area contributed by atoms with E-state index in [0.29, 0.717) is 17.1 Å². The Balaban J connectivity index is 2.74. The molecule has 23 heavy (non-hydrogen) atoms. The highest BCUT2D eigenvalue weighted by atomic mass is 16.5. The van der Waals surface area contributed by atoms with Gasteiger partial charge in [-0.25, -0.2) is 4.79 Å². The average Bonchev–Trinajstić information content (AvgIpc) is 2.44. The Morgan fingerprint density at radius 1 is 1.13 bits per heavy atom. The van der Waals surface area contributed by atoms with Crippen LogP contribution in [0.15, 0.2) is 29.8 Å². The highest BCUT2D eigenvalue weighted by Crippen LogP contribution is 2.27. The van der Waals surface area contributed by atoms with Crippen molar-refractivity contribution in [1.29, 1.82) is 0 Å². The second-order valence-corrected chi connectivity index (χ2v) is 4.97. The van der Waals surface area contributed by atoms with Crippen molar-refractivity contribution in [2.45, 2.75) is 20.8 Å². The van der Waals surface area contributed by atoms with Crippen LogP contribution in [0.2, 0.25) is 0 Å². The molecule has 0 saturated heterocycles. The third-order valence-corrected chi connectivity index (χ3v) is 2.55. The van der Waals surface area contributed by atoms with Crippen molar-refractivity contribution in [3.63, 3.8) is 0 Å². The van der Waals surface area contributed by atoms with Gasteiger partial charge in [0.15, 0.2) is 6.61 Å². The van der Waals surface area contributed by atoms with Crippen LogP contribution in [-0.2, 0) is 19.1 Å². The van der Waals surface area contributed by atoms with Crippen LogP contribution in [0.4, 0.5) is 11.4 Å². The number of anilines is 2. The molecular formula is C16H20N2O5. The summed E-state index contributed by atoms with van der Waals surface area (Å²) in [6.07, 6.45) is 1.30. The summed E-state index contributed by atoms with van der Waals surface area (Å²) in [6, 6.07) is 4.80. The lowest BCUT2D eigenvalue weighted by molar-refractivity contribution is -0.142. The zero-order valence-corrected chi connectivity index (χ0v) is 13.6. The molecule has 0 radical (unpaired) electrons. The molecule has 0 spiro atoms. The first-order chi connectivity index (χ1) is 10.8. The third kappa shape index (κ3) is 6.64. The van der Waals surface area contributed by atoms with Gasteiger partial charge in [0.25, 0.3) is 5.91 Å². The van der Waals surface area contributed by atoms with Gasteiger partial charge in [-0.1, -0.05) is 5.57 Å². The smallest absolute Gasteiger partial charge is 0.331 e. The third-order valence-electron chi connectivity index (χ3n) is 2.55. The first-order valence-corrected chi connectivity index (χ1v) is 6.89. The van der Waals surface area contributed by atoms with Crippen LogP contribution in [-0.4, -0.2) is 31.5 Å². The second-order valence-electron chi connectivity index (χ2n) is 4.97. The molecule has 2 N–H and O–H groups in total. The quantitative estimate of drug-likeness (QED) is 0.618. The predicted octanol–water partition coefficient (Wildman–Crippen LogP) is 2.10. The van der Waals surface area contributed by atoms with E-state index in [0.717, 1.165) is 5.57 Å². The molecule has 0 aliphatic heterocycles. The molecule has 0 bridgehead atoms. The Hall–Kier alpha value is -2.83. The van der Waals surface area contributed by atoms with E-state index in [1.54, 1.807) is 32.0 Å². The number of benzene rings is 1. The largest absolute Gasteiger partial charge is 0.495 e. The molecule has 0 atom stereocenters. The summed E-state index contributed by atoms with van der Waals surface area (Å²) in [7, 11) is 1.46. The monoisotopic (exact) mass is 320 g/mol. The van der Waals surface area contributed by atoms with E-state index < -0.39 is 18.5 Å². The van der Waals surface area contributed by atoms with Crippen molar-refractivity contribution in [2.75, 3.05) is 24.4 Å². The minimum absolute atomic E-state index is 0.233. The minimum atomic E-state index is -0.584. The van der Waals surface area contributed by atoms with Crippen molar-refractivity contribution in [3.05, 3.63) is 29.8 Å². The van der Waals surface area contributed by atoms with Crippen LogP contribution < -0.4 is 15.4 Å². The summed E-state index contributed by atoms with van der Waals surface area (Å²) in [5, 5.41) is 5.17. The number of carbonyl (C=O) groups excluding carboxylic acids is 3. The lowest BCUT2D eigenvalue weighted by Gasteiger charge is -2.12. The summed E-state index contributed by atoms with van der Waals surface area (Å²) < 4.78 is 9.96. The Kier molecular flexibility index (Phi) is 6.79. The fourth-order valence-electron chi connectivity index (χ4n) is 1.69. The number of carbonyl (C=O) groups is 3. The molecule has 2 amide bonds. The maximum atomic E-state index is 11.9. The molecule has 7 nitrogen and oxygen atoms in total. The van der Waals surface area contributed by atoms with E-state index in [4.69, 9.17) is 9.47 Å². The molecule has 0 aromatic heterocycles. The van der Waals surface area contributed by atoms with Gasteiger partial charge in [-0.2, -0.15) is 0 Å². The Bertz CT molecular complexity index is 633. The maximum absolute atomic E-state index is 11.9. The van der Waals surface area contributed by atoms with Crippen LogP contribution in [0.1, 0.15) is 20.8 Å². The topological polar surface area (TPSA) is 93.7 Å². The molecule has 0 fully saturated rings.